The van der Waals surface area contributed by atoms with Crippen molar-refractivity contribution in [2.24, 2.45) is 28.8 Å². The van der Waals surface area contributed by atoms with Gasteiger partial charge in [-0.25, -0.2) is 0 Å². The summed E-state index contributed by atoms with van der Waals surface area (Å²) in [5.74, 6) is -0.0367. The summed E-state index contributed by atoms with van der Waals surface area (Å²) in [4.78, 5) is 35.9. The highest BCUT2D eigenvalue weighted by molar-refractivity contribution is 6.06. The van der Waals surface area contributed by atoms with Gasteiger partial charge < -0.3 is 4.42 Å². The molecule has 0 spiro atoms. The van der Waals surface area contributed by atoms with Crippen LogP contribution in [0.3, 0.4) is 0 Å². The van der Waals surface area contributed by atoms with Crippen molar-refractivity contribution < 1.29 is 18.9 Å². The van der Waals surface area contributed by atoms with Gasteiger partial charge in [0.2, 0.25) is 0 Å². The molecule has 2 aromatic rings. The number of furan rings is 1. The van der Waals surface area contributed by atoms with Gasteiger partial charge >= 0.3 is 0 Å². The predicted molar refractivity (Wildman–Crippen MR) is 103 cm³/mol. The molecule has 0 N–H and O–H groups in total. The van der Waals surface area contributed by atoms with Gasteiger partial charge in [0.05, 0.1) is 23.0 Å². The summed E-state index contributed by atoms with van der Waals surface area (Å²) < 4.78 is 5.73. The SMILES string of the molecule is Cc1ccc([N+](=O)[O-])cc1-c1ccc(/C=N\N2C(=O)[C@@H]3[C@H](C2=O)[C@H]2C=C[C@H]3C2)o1. The molecule has 8 heteroatoms. The van der Waals surface area contributed by atoms with E-state index in [0.717, 1.165) is 17.0 Å². The van der Waals surface area contributed by atoms with Crippen molar-refractivity contribution in [2.45, 2.75) is 13.3 Å². The number of hydrazone groups is 1. The lowest BCUT2D eigenvalue weighted by Gasteiger charge is -2.13. The van der Waals surface area contributed by atoms with Crippen LogP contribution >= 0.6 is 0 Å². The van der Waals surface area contributed by atoms with Crippen LogP contribution in [0.2, 0.25) is 0 Å². The fraction of sp³-hybridized carbons (Fsp3) is 0.286. The molecule has 2 amide bonds. The van der Waals surface area contributed by atoms with Crippen LogP contribution in [0.1, 0.15) is 17.7 Å². The molecule has 29 heavy (non-hydrogen) atoms. The Morgan fingerprint density at radius 1 is 1.14 bits per heavy atom. The summed E-state index contributed by atoms with van der Waals surface area (Å²) in [6.45, 7) is 1.83. The maximum absolute atomic E-state index is 12.6. The molecule has 1 saturated heterocycles. The van der Waals surface area contributed by atoms with Crippen LogP contribution < -0.4 is 0 Å². The Hall–Kier alpha value is -3.55. The molecule has 1 aromatic heterocycles. The second-order valence-corrected chi connectivity index (χ2v) is 7.69. The number of carbonyl (C=O) groups excluding carboxylic acids is 2. The van der Waals surface area contributed by atoms with Crippen molar-refractivity contribution in [3.05, 3.63) is 63.9 Å². The lowest BCUT2D eigenvalue weighted by atomic mass is 9.85. The zero-order valence-electron chi connectivity index (χ0n) is 15.5. The largest absolute Gasteiger partial charge is 0.455 e. The van der Waals surface area contributed by atoms with Crippen LogP contribution in [0.4, 0.5) is 5.69 Å². The highest BCUT2D eigenvalue weighted by Gasteiger charge is 2.59. The van der Waals surface area contributed by atoms with Gasteiger partial charge in [0.15, 0.2) is 0 Å². The number of hydrogen-bond donors (Lipinski definition) is 0. The fourth-order valence-corrected chi connectivity index (χ4v) is 4.67. The molecule has 1 saturated carbocycles. The number of hydrogen-bond acceptors (Lipinski definition) is 6. The van der Waals surface area contributed by atoms with Crippen molar-refractivity contribution in [3.8, 4) is 11.3 Å². The number of allylic oxidation sites excluding steroid dienone is 2. The number of imide groups is 1. The zero-order chi connectivity index (χ0) is 20.3. The number of nitro groups is 1. The average Bonchev–Trinajstić information content (AvgIpc) is 3.46. The van der Waals surface area contributed by atoms with Gasteiger partial charge in [-0.1, -0.05) is 18.2 Å². The molecule has 3 aliphatic rings. The van der Waals surface area contributed by atoms with Crippen LogP contribution in [0.15, 0.2) is 52.0 Å². The third-order valence-electron chi connectivity index (χ3n) is 6.07. The number of nitro benzene ring substituents is 1. The first-order chi connectivity index (χ1) is 13.9. The Kier molecular flexibility index (Phi) is 3.77. The Bertz CT molecular complexity index is 1090. The van der Waals surface area contributed by atoms with Gasteiger partial charge in [-0.3, -0.25) is 19.7 Å². The minimum absolute atomic E-state index is 0.0275. The Morgan fingerprint density at radius 2 is 1.83 bits per heavy atom. The smallest absolute Gasteiger partial charge is 0.270 e. The predicted octanol–water partition coefficient (Wildman–Crippen LogP) is 3.30. The number of amides is 2. The molecule has 1 aliphatic heterocycles. The molecular formula is C21H17N3O5. The van der Waals surface area contributed by atoms with E-state index in [4.69, 9.17) is 4.42 Å². The molecule has 0 unspecified atom stereocenters. The van der Waals surface area contributed by atoms with E-state index in [2.05, 4.69) is 5.10 Å². The monoisotopic (exact) mass is 391 g/mol. The second kappa shape index (κ2) is 6.23. The Labute approximate surface area is 165 Å². The first kappa shape index (κ1) is 17.5. The highest BCUT2D eigenvalue weighted by atomic mass is 16.6. The molecular weight excluding hydrogens is 374 g/mol. The van der Waals surface area contributed by atoms with Gasteiger partial charge in [0.25, 0.3) is 17.5 Å². The number of rotatable bonds is 4. The number of carbonyl (C=O) groups is 2. The molecule has 2 fully saturated rings. The first-order valence-electron chi connectivity index (χ1n) is 9.39. The molecule has 1 aromatic carbocycles. The lowest BCUT2D eigenvalue weighted by Crippen LogP contribution is -2.28. The van der Waals surface area contributed by atoms with Gasteiger partial charge in [-0.2, -0.15) is 10.1 Å². The van der Waals surface area contributed by atoms with Crippen molar-refractivity contribution in [1.29, 1.82) is 0 Å². The quantitative estimate of drug-likeness (QED) is 0.261. The van der Waals surface area contributed by atoms with E-state index in [0.29, 0.717) is 17.1 Å². The van der Waals surface area contributed by atoms with E-state index >= 15 is 0 Å². The molecule has 8 nitrogen and oxygen atoms in total. The standard InChI is InChI=1S/C21H17N3O5/c1-11-2-5-14(24(27)28)9-16(11)17-7-6-15(29-17)10-22-23-20(25)18-12-3-4-13(8-12)19(18)21(23)26/h2-7,9-10,12-13,18-19H,8H2,1H3/b22-10-/t12-,13-,18-,19+/m0/s1. The third kappa shape index (κ3) is 2.63. The lowest BCUT2D eigenvalue weighted by molar-refractivity contribution is -0.384. The summed E-state index contributed by atoms with van der Waals surface area (Å²) in [6.07, 6.45) is 6.27. The molecule has 2 bridgehead atoms. The third-order valence-corrected chi connectivity index (χ3v) is 6.07. The zero-order valence-corrected chi connectivity index (χ0v) is 15.5. The topological polar surface area (TPSA) is 106 Å². The van der Waals surface area contributed by atoms with E-state index in [1.54, 1.807) is 18.2 Å². The normalized spacial score (nSPS) is 27.4. The minimum atomic E-state index is -0.461. The van der Waals surface area contributed by atoms with Gasteiger partial charge in [0.1, 0.15) is 11.5 Å². The number of fused-ring (bicyclic) bond motifs is 5. The number of non-ortho nitro benzene ring substituents is 1. The summed E-state index contributed by atoms with van der Waals surface area (Å²) in [6, 6.07) is 7.88. The Balaban J connectivity index is 1.38. The highest BCUT2D eigenvalue weighted by Crippen LogP contribution is 2.52. The molecule has 5 rings (SSSR count). The van der Waals surface area contributed by atoms with Crippen LogP contribution in [-0.4, -0.2) is 28.0 Å². The van der Waals surface area contributed by atoms with Crippen LogP contribution in [0.25, 0.3) is 11.3 Å². The average molecular weight is 391 g/mol. The van der Waals surface area contributed by atoms with Crippen molar-refractivity contribution in [3.63, 3.8) is 0 Å². The maximum Gasteiger partial charge on any atom is 0.270 e. The van der Waals surface area contributed by atoms with E-state index in [1.165, 1.54) is 18.3 Å². The number of aryl methyl sites for hydroxylation is 1. The van der Waals surface area contributed by atoms with Crippen molar-refractivity contribution in [2.75, 3.05) is 0 Å². The van der Waals surface area contributed by atoms with E-state index in [-0.39, 0.29) is 41.2 Å². The van der Waals surface area contributed by atoms with Crippen molar-refractivity contribution >= 4 is 23.7 Å². The van der Waals surface area contributed by atoms with Gasteiger partial charge in [-0.05, 0) is 42.9 Å². The van der Waals surface area contributed by atoms with Crippen LogP contribution in [-0.2, 0) is 9.59 Å². The van der Waals surface area contributed by atoms with E-state index in [9.17, 15) is 19.7 Å². The summed E-state index contributed by atoms with van der Waals surface area (Å²) in [5.41, 5.74) is 1.40. The van der Waals surface area contributed by atoms with Crippen molar-refractivity contribution in [1.82, 2.24) is 5.01 Å². The summed E-state index contributed by atoms with van der Waals surface area (Å²) in [5, 5.41) is 16.1. The maximum atomic E-state index is 12.6. The van der Waals surface area contributed by atoms with E-state index < -0.39 is 4.92 Å². The number of nitrogens with zero attached hydrogens (tertiary/aromatic N) is 3. The second-order valence-electron chi connectivity index (χ2n) is 7.69. The molecule has 0 radical (unpaired) electrons. The van der Waals surface area contributed by atoms with Crippen LogP contribution in [0, 0.1) is 40.7 Å². The first-order valence-corrected chi connectivity index (χ1v) is 9.39. The molecule has 2 aliphatic carbocycles. The van der Waals surface area contributed by atoms with Crippen LogP contribution in [0.5, 0.6) is 0 Å². The molecule has 4 atom stereocenters. The van der Waals surface area contributed by atoms with Gasteiger partial charge in [-0.15, -0.1) is 0 Å². The summed E-state index contributed by atoms with van der Waals surface area (Å²) in [7, 11) is 0. The summed E-state index contributed by atoms with van der Waals surface area (Å²) >= 11 is 0. The van der Waals surface area contributed by atoms with E-state index in [1.807, 2.05) is 19.1 Å². The molecule has 146 valence electrons. The van der Waals surface area contributed by atoms with Gasteiger partial charge in [0, 0.05) is 17.7 Å². The minimum Gasteiger partial charge on any atom is -0.455 e. The fourth-order valence-electron chi connectivity index (χ4n) is 4.67. The molecule has 2 heterocycles. The number of benzene rings is 1. The Morgan fingerprint density at radius 3 is 2.48 bits per heavy atom.